The summed E-state index contributed by atoms with van der Waals surface area (Å²) in [4.78, 5) is 32.1. The summed E-state index contributed by atoms with van der Waals surface area (Å²) in [7, 11) is 0. The lowest BCUT2D eigenvalue weighted by molar-refractivity contribution is -0.137. The van der Waals surface area contributed by atoms with Gasteiger partial charge in [-0.3, -0.25) is 5.32 Å². The number of nitrogens with zero attached hydrogens (tertiary/aromatic N) is 5. The van der Waals surface area contributed by atoms with Crippen LogP contribution in [0.4, 0.5) is 39.8 Å². The first-order valence-electron chi connectivity index (χ1n) is 15.3. The Labute approximate surface area is 276 Å². The molecule has 0 atom stereocenters. The average molecular weight is 693 g/mol. The van der Waals surface area contributed by atoms with Gasteiger partial charge in [-0.05, 0) is 69.6 Å². The molecule has 3 fully saturated rings. The Morgan fingerprint density at radius 1 is 0.935 bits per heavy atom. The molecule has 1 aromatic carbocycles. The number of halogens is 6. The summed E-state index contributed by atoms with van der Waals surface area (Å²) in [5.74, 6) is 0.130. The Balaban J connectivity index is 0.00000240. The molecule has 254 valence electrons. The van der Waals surface area contributed by atoms with Crippen molar-refractivity contribution in [3.05, 3.63) is 35.9 Å². The molecule has 3 aromatic rings. The number of rotatable bonds is 7. The topological polar surface area (TPSA) is 135 Å². The summed E-state index contributed by atoms with van der Waals surface area (Å²) < 4.78 is 55.4. The molecule has 2 aliphatic carbocycles. The molecule has 3 heterocycles. The number of anilines is 3. The maximum absolute atomic E-state index is 13.4. The van der Waals surface area contributed by atoms with Gasteiger partial charge >= 0.3 is 12.3 Å². The van der Waals surface area contributed by atoms with Gasteiger partial charge in [-0.25, -0.2) is 14.2 Å². The molecule has 5 N–H and O–H groups in total. The first-order valence-corrected chi connectivity index (χ1v) is 15.3. The number of aromatic nitrogens is 4. The number of nitrogens with one attached hydrogen (secondary N) is 3. The third-order valence-corrected chi connectivity index (χ3v) is 8.78. The van der Waals surface area contributed by atoms with Gasteiger partial charge < -0.3 is 25.8 Å². The second-order valence-corrected chi connectivity index (χ2v) is 12.0. The second-order valence-electron chi connectivity index (χ2n) is 12.0. The predicted octanol–water partition coefficient (Wildman–Crippen LogP) is 6.66. The summed E-state index contributed by atoms with van der Waals surface area (Å²) in [6.07, 6.45) is 5.45. The first-order chi connectivity index (χ1) is 21.1. The van der Waals surface area contributed by atoms with Gasteiger partial charge in [-0.1, -0.05) is 12.8 Å². The van der Waals surface area contributed by atoms with Crippen molar-refractivity contribution in [2.24, 2.45) is 5.73 Å². The molecule has 11 nitrogen and oxygen atoms in total. The normalized spacial score (nSPS) is 21.3. The second kappa shape index (κ2) is 15.2. The van der Waals surface area contributed by atoms with E-state index in [0.717, 1.165) is 56.3 Å². The number of imidazole rings is 1. The fourth-order valence-corrected chi connectivity index (χ4v) is 6.37. The van der Waals surface area contributed by atoms with E-state index in [1.807, 2.05) is 6.33 Å². The third-order valence-electron chi connectivity index (χ3n) is 8.78. The molecule has 0 bridgehead atoms. The standard InChI is InChI=1S/C29H37F4N9O2.2ClH/c30-17-5-10-23(22(15-17)29(31,32)33)38-28(43)44-41-13-11-20(12-14-41)36-25-24-26(42(16-35-24)21-3-1-2-4-21)40-27(39-25)37-19-8-6-18(34)7-9-19;;/h5,10,15-16,18-21H,1-4,6-9,11-14,34H2,(H,38,43)(H2,36,37,39,40);2*1H. The third kappa shape index (κ3) is 8.41. The molecule has 0 unspecified atom stereocenters. The molecule has 2 aromatic heterocycles. The van der Waals surface area contributed by atoms with Crippen LogP contribution in [0.1, 0.15) is 75.8 Å². The summed E-state index contributed by atoms with van der Waals surface area (Å²) in [6.45, 7) is 0.692. The average Bonchev–Trinajstić information content (AvgIpc) is 3.66. The van der Waals surface area contributed by atoms with Gasteiger partial charge in [-0.15, -0.1) is 29.9 Å². The zero-order valence-electron chi connectivity index (χ0n) is 25.1. The maximum Gasteiger partial charge on any atom is 0.430 e. The van der Waals surface area contributed by atoms with Crippen molar-refractivity contribution in [2.75, 3.05) is 29.0 Å². The number of carbonyl (C=O) groups is 1. The van der Waals surface area contributed by atoms with Gasteiger partial charge in [0, 0.05) is 37.3 Å². The summed E-state index contributed by atoms with van der Waals surface area (Å²) in [5.41, 5.74) is 5.72. The van der Waals surface area contributed by atoms with Gasteiger partial charge in [-0.2, -0.15) is 23.1 Å². The monoisotopic (exact) mass is 691 g/mol. The van der Waals surface area contributed by atoms with E-state index >= 15 is 0 Å². The predicted molar refractivity (Wildman–Crippen MR) is 171 cm³/mol. The van der Waals surface area contributed by atoms with Crippen LogP contribution in [-0.4, -0.2) is 61.9 Å². The first kappa shape index (κ1) is 35.7. The summed E-state index contributed by atoms with van der Waals surface area (Å²) in [6, 6.07) is 2.86. The highest BCUT2D eigenvalue weighted by Crippen LogP contribution is 2.36. The lowest BCUT2D eigenvalue weighted by Gasteiger charge is -2.31. The molecule has 0 radical (unpaired) electrons. The number of hydrogen-bond acceptors (Lipinski definition) is 9. The zero-order chi connectivity index (χ0) is 30.8. The SMILES string of the molecule is Cl.Cl.NC1CCC(Nc2nc(NC3CCN(OC(=O)Nc4ccc(F)cc4C(F)(F)F)CC3)c3ncn(C4CCCC4)c3n2)CC1. The van der Waals surface area contributed by atoms with Crippen molar-refractivity contribution in [1.82, 2.24) is 24.6 Å². The largest absolute Gasteiger partial charge is 0.430 e. The van der Waals surface area contributed by atoms with Crippen molar-refractivity contribution in [3.8, 4) is 0 Å². The molecular weight excluding hydrogens is 653 g/mol. The molecule has 6 rings (SSSR count). The Kier molecular flexibility index (Phi) is 11.8. The van der Waals surface area contributed by atoms with Crippen molar-refractivity contribution in [1.29, 1.82) is 0 Å². The van der Waals surface area contributed by atoms with Gasteiger partial charge in [0.2, 0.25) is 5.95 Å². The summed E-state index contributed by atoms with van der Waals surface area (Å²) >= 11 is 0. The van der Waals surface area contributed by atoms with E-state index in [-0.39, 0.29) is 42.9 Å². The molecule has 2 saturated carbocycles. The van der Waals surface area contributed by atoms with Crippen molar-refractivity contribution in [2.45, 2.75) is 94.6 Å². The molecular formula is C29H39Cl2F4N9O2. The molecule has 17 heteroatoms. The van der Waals surface area contributed by atoms with Gasteiger partial charge in [0.25, 0.3) is 0 Å². The van der Waals surface area contributed by atoms with E-state index in [1.165, 1.54) is 17.9 Å². The number of amides is 1. The summed E-state index contributed by atoms with van der Waals surface area (Å²) in [5, 5.41) is 10.5. The molecule has 1 saturated heterocycles. The number of fused-ring (bicyclic) bond motifs is 1. The molecule has 3 aliphatic rings. The molecule has 1 aliphatic heterocycles. The number of alkyl halides is 3. The highest BCUT2D eigenvalue weighted by molar-refractivity contribution is 5.86. The van der Waals surface area contributed by atoms with Crippen molar-refractivity contribution in [3.63, 3.8) is 0 Å². The Morgan fingerprint density at radius 2 is 1.61 bits per heavy atom. The minimum atomic E-state index is -4.84. The van der Waals surface area contributed by atoms with Crippen LogP contribution in [0.5, 0.6) is 0 Å². The zero-order valence-corrected chi connectivity index (χ0v) is 26.7. The fraction of sp³-hybridized carbons (Fsp3) is 0.586. The molecule has 0 spiro atoms. The number of hydrogen-bond donors (Lipinski definition) is 4. The van der Waals surface area contributed by atoms with E-state index in [9.17, 15) is 22.4 Å². The van der Waals surface area contributed by atoms with Gasteiger partial charge in [0.15, 0.2) is 17.0 Å². The van der Waals surface area contributed by atoms with Crippen LogP contribution < -0.4 is 21.7 Å². The fourth-order valence-electron chi connectivity index (χ4n) is 6.37. The highest BCUT2D eigenvalue weighted by atomic mass is 35.5. The van der Waals surface area contributed by atoms with Crippen LogP contribution in [0.25, 0.3) is 11.2 Å². The number of carbonyl (C=O) groups excluding carboxylic acids is 1. The lowest BCUT2D eigenvalue weighted by Crippen LogP contribution is -2.41. The minimum absolute atomic E-state index is 0. The van der Waals surface area contributed by atoms with E-state index in [1.54, 1.807) is 0 Å². The van der Waals surface area contributed by atoms with Crippen LogP contribution in [0, 0.1) is 5.82 Å². The van der Waals surface area contributed by atoms with E-state index < -0.39 is 29.3 Å². The number of benzene rings is 1. The minimum Gasteiger partial charge on any atom is -0.365 e. The Morgan fingerprint density at radius 3 is 2.28 bits per heavy atom. The maximum atomic E-state index is 13.4. The van der Waals surface area contributed by atoms with Crippen LogP contribution in [-0.2, 0) is 11.0 Å². The van der Waals surface area contributed by atoms with Crippen LogP contribution in [0.2, 0.25) is 0 Å². The highest BCUT2D eigenvalue weighted by Gasteiger charge is 2.35. The number of nitrogens with two attached hydrogens (primary N) is 1. The number of piperidine rings is 1. The van der Waals surface area contributed by atoms with Crippen LogP contribution in [0.3, 0.4) is 0 Å². The Bertz CT molecular complexity index is 1470. The lowest BCUT2D eigenvalue weighted by atomic mass is 9.92. The van der Waals surface area contributed by atoms with E-state index in [2.05, 4.69) is 20.5 Å². The number of hydroxylamine groups is 2. The van der Waals surface area contributed by atoms with Crippen LogP contribution >= 0.6 is 24.8 Å². The van der Waals surface area contributed by atoms with E-state index in [0.29, 0.717) is 55.3 Å². The van der Waals surface area contributed by atoms with Crippen molar-refractivity contribution < 1.29 is 27.2 Å². The van der Waals surface area contributed by atoms with Gasteiger partial charge in [0.05, 0.1) is 17.6 Å². The Hall–Kier alpha value is -3.14. The smallest absolute Gasteiger partial charge is 0.365 e. The van der Waals surface area contributed by atoms with Crippen molar-refractivity contribution >= 4 is 59.5 Å². The van der Waals surface area contributed by atoms with Crippen LogP contribution in [0.15, 0.2) is 24.5 Å². The quantitative estimate of drug-likeness (QED) is 0.201. The van der Waals surface area contributed by atoms with E-state index in [4.69, 9.17) is 25.5 Å². The molecule has 46 heavy (non-hydrogen) atoms. The van der Waals surface area contributed by atoms with Gasteiger partial charge in [0.1, 0.15) is 5.82 Å². The molecule has 1 amide bonds.